The molecule has 1 amide bonds. The zero-order valence-corrected chi connectivity index (χ0v) is 23.0. The van der Waals surface area contributed by atoms with E-state index in [0.717, 1.165) is 49.9 Å². The van der Waals surface area contributed by atoms with Crippen LogP contribution in [0.1, 0.15) is 76.1 Å². The van der Waals surface area contributed by atoms with Crippen molar-refractivity contribution < 1.29 is 4.79 Å². The van der Waals surface area contributed by atoms with Gasteiger partial charge >= 0.3 is 0 Å². The van der Waals surface area contributed by atoms with E-state index in [0.29, 0.717) is 6.42 Å². The number of aryl methyl sites for hydroxylation is 2. The molecule has 200 valence electrons. The van der Waals surface area contributed by atoms with Crippen LogP contribution < -0.4 is 5.32 Å². The molecule has 0 aliphatic carbocycles. The number of aromatic nitrogens is 2. The topological polar surface area (TPSA) is 46.9 Å². The van der Waals surface area contributed by atoms with Gasteiger partial charge < -0.3 is 9.88 Å². The summed E-state index contributed by atoms with van der Waals surface area (Å²) in [6.07, 6.45) is 12.4. The maximum Gasteiger partial charge on any atom is 0.224 e. The van der Waals surface area contributed by atoms with Gasteiger partial charge in [-0.1, -0.05) is 112 Å². The standard InChI is InChI=1S/C34H43N3O/c1-2-3-4-5-6-15-26-37-32-19-13-12-18-31(32)36-33(37)20-11-8-14-25-35-34(38)27-28-21-23-30(24-22-28)29-16-9-7-10-17-29/h7,9-10,12-13,16-19,21-24H,2-6,8,11,14-15,20,25-27H2,1H3,(H,35,38). The molecular formula is C34H43N3O. The van der Waals surface area contributed by atoms with Gasteiger partial charge in [0.15, 0.2) is 0 Å². The number of benzene rings is 3. The second-order valence-electron chi connectivity index (χ2n) is 10.3. The second kappa shape index (κ2) is 15.1. The fraction of sp³-hybridized carbons (Fsp3) is 0.412. The molecule has 0 aliphatic rings. The van der Waals surface area contributed by atoms with Gasteiger partial charge in [-0.05, 0) is 48.1 Å². The minimum Gasteiger partial charge on any atom is -0.356 e. The van der Waals surface area contributed by atoms with Crippen molar-refractivity contribution in [2.24, 2.45) is 0 Å². The van der Waals surface area contributed by atoms with Gasteiger partial charge in [0.25, 0.3) is 0 Å². The molecule has 38 heavy (non-hydrogen) atoms. The number of fused-ring (bicyclic) bond motifs is 1. The summed E-state index contributed by atoms with van der Waals surface area (Å²) in [5, 5.41) is 3.10. The molecule has 0 bridgehead atoms. The highest BCUT2D eigenvalue weighted by Crippen LogP contribution is 2.20. The predicted octanol–water partition coefficient (Wildman–Crippen LogP) is 8.14. The van der Waals surface area contributed by atoms with Crippen LogP contribution in [0.2, 0.25) is 0 Å². The molecule has 0 saturated heterocycles. The van der Waals surface area contributed by atoms with Gasteiger partial charge in [-0.25, -0.2) is 4.98 Å². The molecule has 4 aromatic rings. The maximum atomic E-state index is 12.4. The van der Waals surface area contributed by atoms with Crippen molar-refractivity contribution in [3.05, 3.63) is 90.3 Å². The Balaban J connectivity index is 1.16. The highest BCUT2D eigenvalue weighted by Gasteiger charge is 2.10. The molecule has 4 heteroatoms. The third kappa shape index (κ3) is 8.31. The molecule has 0 aliphatic heterocycles. The average molecular weight is 510 g/mol. The number of carbonyl (C=O) groups excluding carboxylic acids is 1. The van der Waals surface area contributed by atoms with Crippen LogP contribution in [0.5, 0.6) is 0 Å². The highest BCUT2D eigenvalue weighted by atomic mass is 16.1. The molecule has 1 heterocycles. The Hall–Kier alpha value is -3.40. The smallest absolute Gasteiger partial charge is 0.224 e. The first-order chi connectivity index (χ1) is 18.7. The summed E-state index contributed by atoms with van der Waals surface area (Å²) in [6, 6.07) is 27.1. The molecule has 0 saturated carbocycles. The van der Waals surface area contributed by atoms with Crippen LogP contribution in [0.15, 0.2) is 78.9 Å². The molecule has 4 rings (SSSR count). The Morgan fingerprint density at radius 2 is 1.42 bits per heavy atom. The van der Waals surface area contributed by atoms with Crippen LogP contribution in [0, 0.1) is 0 Å². The fourth-order valence-electron chi connectivity index (χ4n) is 5.12. The summed E-state index contributed by atoms with van der Waals surface area (Å²) in [6.45, 7) is 4.06. The normalized spacial score (nSPS) is 11.2. The summed E-state index contributed by atoms with van der Waals surface area (Å²) >= 11 is 0. The molecule has 1 N–H and O–H groups in total. The Kier molecular flexibility index (Phi) is 11.0. The van der Waals surface area contributed by atoms with Crippen molar-refractivity contribution in [1.82, 2.24) is 14.9 Å². The van der Waals surface area contributed by atoms with Crippen LogP contribution in [0.3, 0.4) is 0 Å². The van der Waals surface area contributed by atoms with E-state index in [1.54, 1.807) is 0 Å². The van der Waals surface area contributed by atoms with E-state index in [2.05, 4.69) is 77.5 Å². The van der Waals surface area contributed by atoms with E-state index >= 15 is 0 Å². The van der Waals surface area contributed by atoms with E-state index in [9.17, 15) is 4.79 Å². The number of carbonyl (C=O) groups is 1. The number of hydrogen-bond acceptors (Lipinski definition) is 2. The van der Waals surface area contributed by atoms with E-state index in [1.165, 1.54) is 61.0 Å². The lowest BCUT2D eigenvalue weighted by molar-refractivity contribution is -0.120. The molecular weight excluding hydrogens is 466 g/mol. The Bertz CT molecular complexity index is 1240. The first kappa shape index (κ1) is 27.6. The number of imidazole rings is 1. The second-order valence-corrected chi connectivity index (χ2v) is 10.3. The lowest BCUT2D eigenvalue weighted by atomic mass is 10.0. The van der Waals surface area contributed by atoms with Crippen molar-refractivity contribution in [2.45, 2.75) is 84.1 Å². The zero-order valence-electron chi connectivity index (χ0n) is 23.0. The van der Waals surface area contributed by atoms with Crippen molar-refractivity contribution in [1.29, 1.82) is 0 Å². The van der Waals surface area contributed by atoms with Gasteiger partial charge in [0, 0.05) is 19.5 Å². The first-order valence-electron chi connectivity index (χ1n) is 14.6. The molecule has 0 spiro atoms. The molecule has 4 nitrogen and oxygen atoms in total. The Labute approximate surface area is 228 Å². The molecule has 0 fully saturated rings. The summed E-state index contributed by atoms with van der Waals surface area (Å²) in [5.74, 6) is 1.31. The van der Waals surface area contributed by atoms with Gasteiger partial charge in [0.05, 0.1) is 17.5 Å². The van der Waals surface area contributed by atoms with Gasteiger partial charge in [-0.2, -0.15) is 0 Å². The quantitative estimate of drug-likeness (QED) is 0.155. The number of nitrogens with one attached hydrogen (secondary N) is 1. The third-order valence-corrected chi connectivity index (χ3v) is 7.29. The summed E-state index contributed by atoms with van der Waals surface area (Å²) in [5.41, 5.74) is 5.79. The van der Waals surface area contributed by atoms with Gasteiger partial charge in [-0.3, -0.25) is 4.79 Å². The summed E-state index contributed by atoms with van der Waals surface area (Å²) in [7, 11) is 0. The number of nitrogens with zero attached hydrogens (tertiary/aromatic N) is 2. The summed E-state index contributed by atoms with van der Waals surface area (Å²) < 4.78 is 2.44. The zero-order chi connectivity index (χ0) is 26.4. The number of unbranched alkanes of at least 4 members (excludes halogenated alkanes) is 7. The lowest BCUT2D eigenvalue weighted by Gasteiger charge is -2.10. The maximum absolute atomic E-state index is 12.4. The first-order valence-corrected chi connectivity index (χ1v) is 14.6. The van der Waals surface area contributed by atoms with E-state index in [-0.39, 0.29) is 5.91 Å². The summed E-state index contributed by atoms with van der Waals surface area (Å²) in [4.78, 5) is 17.4. The van der Waals surface area contributed by atoms with E-state index in [4.69, 9.17) is 4.98 Å². The monoisotopic (exact) mass is 509 g/mol. The van der Waals surface area contributed by atoms with Crippen LogP contribution in [-0.4, -0.2) is 22.0 Å². The van der Waals surface area contributed by atoms with Crippen LogP contribution in [0.4, 0.5) is 0 Å². The van der Waals surface area contributed by atoms with Crippen LogP contribution in [-0.2, 0) is 24.2 Å². The van der Waals surface area contributed by atoms with Gasteiger partial charge in [-0.15, -0.1) is 0 Å². The van der Waals surface area contributed by atoms with Gasteiger partial charge in [0.2, 0.25) is 5.91 Å². The minimum absolute atomic E-state index is 0.0955. The largest absolute Gasteiger partial charge is 0.356 e. The van der Waals surface area contributed by atoms with E-state index < -0.39 is 0 Å². The molecule has 0 atom stereocenters. The van der Waals surface area contributed by atoms with Crippen molar-refractivity contribution in [3.63, 3.8) is 0 Å². The van der Waals surface area contributed by atoms with Crippen molar-refractivity contribution in [3.8, 4) is 11.1 Å². The average Bonchev–Trinajstić information content (AvgIpc) is 3.30. The fourth-order valence-corrected chi connectivity index (χ4v) is 5.12. The number of rotatable bonds is 16. The molecule has 1 aromatic heterocycles. The Morgan fingerprint density at radius 3 is 2.24 bits per heavy atom. The predicted molar refractivity (Wildman–Crippen MR) is 159 cm³/mol. The molecule has 0 radical (unpaired) electrons. The van der Waals surface area contributed by atoms with Gasteiger partial charge in [0.1, 0.15) is 5.82 Å². The van der Waals surface area contributed by atoms with Crippen molar-refractivity contribution >= 4 is 16.9 Å². The molecule has 3 aromatic carbocycles. The minimum atomic E-state index is 0.0955. The van der Waals surface area contributed by atoms with Crippen molar-refractivity contribution in [2.75, 3.05) is 6.54 Å². The van der Waals surface area contributed by atoms with E-state index in [1.807, 2.05) is 18.2 Å². The number of para-hydroxylation sites is 2. The highest BCUT2D eigenvalue weighted by molar-refractivity contribution is 5.79. The lowest BCUT2D eigenvalue weighted by Crippen LogP contribution is -2.26. The third-order valence-electron chi connectivity index (χ3n) is 7.29. The van der Waals surface area contributed by atoms with Crippen LogP contribution in [0.25, 0.3) is 22.2 Å². The number of amides is 1. The SMILES string of the molecule is CCCCCCCCn1c(CCCCCNC(=O)Cc2ccc(-c3ccccc3)cc2)nc2ccccc21. The Morgan fingerprint density at radius 1 is 0.737 bits per heavy atom. The number of hydrogen-bond donors (Lipinski definition) is 1. The van der Waals surface area contributed by atoms with Crippen LogP contribution >= 0.6 is 0 Å². The molecule has 0 unspecified atom stereocenters.